The lowest BCUT2D eigenvalue weighted by molar-refractivity contribution is 0.150. The molecule has 0 aliphatic carbocycles. The second-order valence-electron chi connectivity index (χ2n) is 4.47. The molecule has 19 heavy (non-hydrogen) atoms. The van der Waals surface area contributed by atoms with E-state index in [2.05, 4.69) is 5.10 Å². The topological polar surface area (TPSA) is 38.0 Å². The van der Waals surface area contributed by atoms with Gasteiger partial charge in [-0.05, 0) is 24.5 Å². The third kappa shape index (κ3) is 3.38. The highest BCUT2D eigenvalue weighted by Crippen LogP contribution is 2.23. The van der Waals surface area contributed by atoms with Gasteiger partial charge < -0.3 is 5.11 Å². The fraction of sp³-hybridized carbons (Fsp3) is 0.357. The molecule has 0 aliphatic rings. The summed E-state index contributed by atoms with van der Waals surface area (Å²) < 4.78 is 26.6. The second kappa shape index (κ2) is 5.93. The minimum Gasteiger partial charge on any atom is -0.388 e. The van der Waals surface area contributed by atoms with Crippen LogP contribution in [-0.2, 0) is 13.5 Å². The monoisotopic (exact) mass is 266 g/mol. The Morgan fingerprint density at radius 1 is 1.16 bits per heavy atom. The predicted octanol–water partition coefficient (Wildman–Crippen LogP) is 3.02. The molecule has 0 saturated heterocycles. The van der Waals surface area contributed by atoms with Crippen LogP contribution in [0.1, 0.15) is 35.8 Å². The van der Waals surface area contributed by atoms with Crippen molar-refractivity contribution in [3.63, 3.8) is 0 Å². The summed E-state index contributed by atoms with van der Waals surface area (Å²) in [5, 5.41) is 14.1. The Labute approximate surface area is 110 Å². The zero-order valence-electron chi connectivity index (χ0n) is 10.6. The molecule has 2 rings (SSSR count). The molecule has 1 aromatic carbocycles. The number of hydrogen-bond acceptors (Lipinski definition) is 2. The van der Waals surface area contributed by atoms with Crippen LogP contribution in [0.25, 0.3) is 0 Å². The van der Waals surface area contributed by atoms with Crippen molar-refractivity contribution in [2.75, 3.05) is 0 Å². The zero-order chi connectivity index (χ0) is 13.8. The summed E-state index contributed by atoms with van der Waals surface area (Å²) >= 11 is 0. The van der Waals surface area contributed by atoms with Crippen molar-refractivity contribution in [3.05, 3.63) is 53.3 Å². The molecule has 0 spiro atoms. The maximum Gasteiger partial charge on any atom is 0.263 e. The highest BCUT2D eigenvalue weighted by molar-refractivity contribution is 5.25. The average Bonchev–Trinajstić information content (AvgIpc) is 2.81. The maximum absolute atomic E-state index is 12.4. The smallest absolute Gasteiger partial charge is 0.263 e. The largest absolute Gasteiger partial charge is 0.388 e. The number of halogens is 2. The van der Waals surface area contributed by atoms with E-state index in [4.69, 9.17) is 0 Å². The van der Waals surface area contributed by atoms with E-state index in [0.717, 1.165) is 5.69 Å². The Hall–Kier alpha value is -1.75. The molecule has 0 saturated carbocycles. The van der Waals surface area contributed by atoms with E-state index in [1.54, 1.807) is 23.0 Å². The van der Waals surface area contributed by atoms with Gasteiger partial charge in [-0.15, -0.1) is 0 Å². The molecule has 2 aromatic rings. The number of aliphatic hydroxyl groups is 1. The summed E-state index contributed by atoms with van der Waals surface area (Å²) in [6.07, 6.45) is -0.191. The molecule has 5 heteroatoms. The average molecular weight is 266 g/mol. The minimum absolute atomic E-state index is 0.0254. The normalized spacial score (nSPS) is 12.9. The van der Waals surface area contributed by atoms with E-state index in [-0.39, 0.29) is 5.56 Å². The van der Waals surface area contributed by atoms with E-state index < -0.39 is 12.5 Å². The van der Waals surface area contributed by atoms with Gasteiger partial charge in [-0.25, -0.2) is 8.78 Å². The van der Waals surface area contributed by atoms with Gasteiger partial charge in [-0.1, -0.05) is 24.3 Å². The van der Waals surface area contributed by atoms with E-state index in [0.29, 0.717) is 18.4 Å². The number of benzene rings is 1. The fourth-order valence-electron chi connectivity index (χ4n) is 1.96. The summed E-state index contributed by atoms with van der Waals surface area (Å²) in [4.78, 5) is 0. The molecule has 0 radical (unpaired) electrons. The molecule has 3 nitrogen and oxygen atoms in total. The number of rotatable bonds is 5. The minimum atomic E-state index is -2.47. The third-order valence-corrected chi connectivity index (χ3v) is 3.17. The third-order valence-electron chi connectivity index (χ3n) is 3.17. The predicted molar refractivity (Wildman–Crippen MR) is 67.9 cm³/mol. The van der Waals surface area contributed by atoms with Crippen LogP contribution in [0.5, 0.6) is 0 Å². The number of aliphatic hydroxyl groups excluding tert-OH is 1. The van der Waals surface area contributed by atoms with Gasteiger partial charge in [-0.2, -0.15) is 5.10 Å². The Kier molecular flexibility index (Phi) is 4.27. The number of aryl methyl sites for hydroxylation is 2. The van der Waals surface area contributed by atoms with Crippen LogP contribution in [0.3, 0.4) is 0 Å². The number of alkyl halides is 2. The molecule has 0 aliphatic heterocycles. The van der Waals surface area contributed by atoms with Gasteiger partial charge in [0.2, 0.25) is 0 Å². The molecule has 0 amide bonds. The van der Waals surface area contributed by atoms with Gasteiger partial charge in [0.25, 0.3) is 6.43 Å². The van der Waals surface area contributed by atoms with E-state index in [9.17, 15) is 13.9 Å². The van der Waals surface area contributed by atoms with Crippen LogP contribution in [0.15, 0.2) is 36.5 Å². The Bertz CT molecular complexity index is 522. The van der Waals surface area contributed by atoms with Crippen molar-refractivity contribution >= 4 is 0 Å². The van der Waals surface area contributed by atoms with Crippen molar-refractivity contribution in [2.45, 2.75) is 25.4 Å². The van der Waals surface area contributed by atoms with Crippen LogP contribution in [0, 0.1) is 0 Å². The van der Waals surface area contributed by atoms with Crippen LogP contribution in [0.4, 0.5) is 8.78 Å². The summed E-state index contributed by atoms with van der Waals surface area (Å²) in [7, 11) is 1.85. The summed E-state index contributed by atoms with van der Waals surface area (Å²) in [5.41, 5.74) is 1.66. The van der Waals surface area contributed by atoms with Gasteiger partial charge in [0.15, 0.2) is 0 Å². The van der Waals surface area contributed by atoms with Gasteiger partial charge in [0.1, 0.15) is 0 Å². The van der Waals surface area contributed by atoms with Gasteiger partial charge in [-0.3, -0.25) is 4.68 Å². The highest BCUT2D eigenvalue weighted by atomic mass is 19.3. The SMILES string of the molecule is Cn1nccc1CCC(O)c1ccc(C(F)F)cc1. The number of nitrogens with zero attached hydrogens (tertiary/aromatic N) is 2. The molecule has 1 aromatic heterocycles. The van der Waals surface area contributed by atoms with Crippen molar-refractivity contribution in [1.82, 2.24) is 9.78 Å². The van der Waals surface area contributed by atoms with Crippen LogP contribution in [0.2, 0.25) is 0 Å². The highest BCUT2D eigenvalue weighted by Gasteiger charge is 2.11. The molecule has 1 unspecified atom stereocenters. The molecular weight excluding hydrogens is 250 g/mol. The molecule has 102 valence electrons. The maximum atomic E-state index is 12.4. The molecule has 0 fully saturated rings. The summed E-state index contributed by atoms with van der Waals surface area (Å²) in [6.45, 7) is 0. The fourth-order valence-corrected chi connectivity index (χ4v) is 1.96. The Morgan fingerprint density at radius 3 is 2.32 bits per heavy atom. The quantitative estimate of drug-likeness (QED) is 0.903. The Morgan fingerprint density at radius 2 is 1.79 bits per heavy atom. The standard InChI is InChI=1S/C14H16F2N2O/c1-18-12(8-9-17-18)6-7-13(19)10-2-4-11(5-3-10)14(15)16/h2-5,8-9,13-14,19H,6-7H2,1H3. The lowest BCUT2D eigenvalue weighted by Crippen LogP contribution is -2.03. The van der Waals surface area contributed by atoms with E-state index in [1.165, 1.54) is 12.1 Å². The van der Waals surface area contributed by atoms with Crippen molar-refractivity contribution < 1.29 is 13.9 Å². The van der Waals surface area contributed by atoms with E-state index >= 15 is 0 Å². The molecule has 1 heterocycles. The first-order chi connectivity index (χ1) is 9.08. The molecular formula is C14H16F2N2O. The zero-order valence-corrected chi connectivity index (χ0v) is 10.6. The van der Waals surface area contributed by atoms with Crippen LogP contribution in [-0.4, -0.2) is 14.9 Å². The van der Waals surface area contributed by atoms with E-state index in [1.807, 2.05) is 13.1 Å². The molecule has 1 atom stereocenters. The Balaban J connectivity index is 1.96. The lowest BCUT2D eigenvalue weighted by Gasteiger charge is -2.11. The van der Waals surface area contributed by atoms with Gasteiger partial charge >= 0.3 is 0 Å². The second-order valence-corrected chi connectivity index (χ2v) is 4.47. The van der Waals surface area contributed by atoms with Gasteiger partial charge in [0, 0.05) is 24.5 Å². The number of aromatic nitrogens is 2. The first-order valence-corrected chi connectivity index (χ1v) is 6.11. The first kappa shape index (κ1) is 13.7. The first-order valence-electron chi connectivity index (χ1n) is 6.11. The number of hydrogen-bond donors (Lipinski definition) is 1. The summed E-state index contributed by atoms with van der Waals surface area (Å²) in [6, 6.07) is 7.71. The van der Waals surface area contributed by atoms with Crippen molar-refractivity contribution in [3.8, 4) is 0 Å². The molecule has 1 N–H and O–H groups in total. The van der Waals surface area contributed by atoms with Gasteiger partial charge in [0.05, 0.1) is 6.10 Å². The summed E-state index contributed by atoms with van der Waals surface area (Å²) in [5.74, 6) is 0. The van der Waals surface area contributed by atoms with Crippen molar-refractivity contribution in [1.29, 1.82) is 0 Å². The van der Waals surface area contributed by atoms with Crippen LogP contribution >= 0.6 is 0 Å². The van der Waals surface area contributed by atoms with Crippen molar-refractivity contribution in [2.24, 2.45) is 7.05 Å². The molecule has 0 bridgehead atoms. The lowest BCUT2D eigenvalue weighted by atomic mass is 10.0. The van der Waals surface area contributed by atoms with Crippen LogP contribution < -0.4 is 0 Å².